The van der Waals surface area contributed by atoms with Crippen LogP contribution in [0.4, 0.5) is 4.79 Å². The zero-order valence-corrected chi connectivity index (χ0v) is 15.4. The molecular formula is C20H25NO3S. The molecule has 4 aliphatic rings. The molecule has 5 heteroatoms. The molecule has 4 saturated carbocycles. The van der Waals surface area contributed by atoms with Crippen LogP contribution in [0.1, 0.15) is 44.6 Å². The van der Waals surface area contributed by atoms with E-state index in [1.54, 1.807) is 18.7 Å². The summed E-state index contributed by atoms with van der Waals surface area (Å²) in [5, 5.41) is 3.38. The van der Waals surface area contributed by atoms with Crippen LogP contribution in [0.25, 0.3) is 0 Å². The van der Waals surface area contributed by atoms with Crippen molar-refractivity contribution < 1.29 is 14.3 Å². The Morgan fingerprint density at radius 1 is 1.16 bits per heavy atom. The van der Waals surface area contributed by atoms with E-state index in [1.807, 2.05) is 30.3 Å². The predicted octanol–water partition coefficient (Wildman–Crippen LogP) is 4.14. The average Bonchev–Trinajstić information content (AvgIpc) is 2.55. The van der Waals surface area contributed by atoms with Gasteiger partial charge in [0.1, 0.15) is 6.61 Å². The molecule has 1 amide bonds. The highest BCUT2D eigenvalue weighted by Gasteiger charge is 2.56. The zero-order chi connectivity index (χ0) is 17.4. The van der Waals surface area contributed by atoms with Gasteiger partial charge in [0.25, 0.3) is 0 Å². The number of nitrogens with one attached hydrogen (secondary N) is 1. The van der Waals surface area contributed by atoms with Gasteiger partial charge in [-0.1, -0.05) is 42.1 Å². The van der Waals surface area contributed by atoms with Gasteiger partial charge in [-0.05, 0) is 55.4 Å². The number of rotatable bonds is 4. The van der Waals surface area contributed by atoms with Gasteiger partial charge in [0, 0.05) is 17.7 Å². The number of hydrogen-bond acceptors (Lipinski definition) is 4. The van der Waals surface area contributed by atoms with E-state index in [0.717, 1.165) is 24.3 Å². The summed E-state index contributed by atoms with van der Waals surface area (Å²) < 4.78 is 5.55. The number of carbonyl (C=O) groups excluding carboxylic acids is 2. The molecule has 1 aromatic carbocycles. The van der Waals surface area contributed by atoms with E-state index < -0.39 is 0 Å². The molecule has 0 spiro atoms. The monoisotopic (exact) mass is 359 g/mol. The van der Waals surface area contributed by atoms with Crippen molar-refractivity contribution in [2.45, 2.75) is 56.4 Å². The molecule has 2 atom stereocenters. The third-order valence-corrected chi connectivity index (χ3v) is 7.29. The summed E-state index contributed by atoms with van der Waals surface area (Å²) in [5.74, 6) is 1.70. The Kier molecular flexibility index (Phi) is 4.52. The molecule has 0 radical (unpaired) electrons. The summed E-state index contributed by atoms with van der Waals surface area (Å²) in [7, 11) is 0. The highest BCUT2D eigenvalue weighted by molar-refractivity contribution is 8.14. The zero-order valence-electron chi connectivity index (χ0n) is 14.6. The first-order valence-electron chi connectivity index (χ1n) is 9.20. The van der Waals surface area contributed by atoms with Gasteiger partial charge < -0.3 is 10.1 Å². The van der Waals surface area contributed by atoms with E-state index in [4.69, 9.17) is 4.74 Å². The lowest BCUT2D eigenvalue weighted by Crippen LogP contribution is -2.60. The van der Waals surface area contributed by atoms with Gasteiger partial charge in [0.05, 0.1) is 0 Å². The molecule has 1 aromatic rings. The molecule has 0 aliphatic heterocycles. The maximum Gasteiger partial charge on any atom is 0.407 e. The summed E-state index contributed by atoms with van der Waals surface area (Å²) in [6.07, 6.45) is 5.33. The maximum atomic E-state index is 12.3. The maximum absolute atomic E-state index is 12.3. The van der Waals surface area contributed by atoms with Crippen LogP contribution in [0.15, 0.2) is 30.3 Å². The first kappa shape index (κ1) is 17.0. The number of amides is 1. The van der Waals surface area contributed by atoms with Crippen LogP contribution < -0.4 is 5.32 Å². The van der Waals surface area contributed by atoms with E-state index in [2.05, 4.69) is 5.32 Å². The molecule has 25 heavy (non-hydrogen) atoms. The number of carbonyl (C=O) groups is 2. The highest BCUT2D eigenvalue weighted by Crippen LogP contribution is 2.60. The minimum absolute atomic E-state index is 0.133. The first-order valence-corrected chi connectivity index (χ1v) is 10.0. The molecule has 0 saturated heterocycles. The molecule has 0 heterocycles. The van der Waals surface area contributed by atoms with Gasteiger partial charge in [0.15, 0.2) is 5.12 Å². The van der Waals surface area contributed by atoms with Crippen LogP contribution in [0.3, 0.4) is 0 Å². The Hall–Kier alpha value is -1.49. The van der Waals surface area contributed by atoms with E-state index in [0.29, 0.717) is 18.4 Å². The van der Waals surface area contributed by atoms with Gasteiger partial charge in [-0.25, -0.2) is 4.79 Å². The number of thioether (sulfide) groups is 1. The van der Waals surface area contributed by atoms with Crippen LogP contribution in [0.2, 0.25) is 0 Å². The summed E-state index contributed by atoms with van der Waals surface area (Å²) >= 11 is 1.56. The lowest BCUT2D eigenvalue weighted by Gasteiger charge is -2.59. The van der Waals surface area contributed by atoms with Crippen molar-refractivity contribution in [2.75, 3.05) is 0 Å². The molecule has 1 N–H and O–H groups in total. The van der Waals surface area contributed by atoms with E-state index >= 15 is 0 Å². The first-order chi connectivity index (χ1) is 12.0. The van der Waals surface area contributed by atoms with Crippen molar-refractivity contribution in [2.24, 2.45) is 17.8 Å². The second kappa shape index (κ2) is 6.67. The molecule has 5 rings (SSSR count). The third-order valence-electron chi connectivity index (χ3n) is 6.07. The van der Waals surface area contributed by atoms with Crippen molar-refractivity contribution in [3.63, 3.8) is 0 Å². The second-order valence-electron chi connectivity index (χ2n) is 7.98. The number of alkyl carbamates (subject to hydrolysis) is 1. The Morgan fingerprint density at radius 2 is 1.84 bits per heavy atom. The van der Waals surface area contributed by atoms with E-state index in [9.17, 15) is 9.59 Å². The Bertz CT molecular complexity index is 646. The van der Waals surface area contributed by atoms with Gasteiger partial charge in [-0.3, -0.25) is 4.79 Å². The van der Waals surface area contributed by atoms with Gasteiger partial charge in [0.2, 0.25) is 0 Å². The average molecular weight is 359 g/mol. The summed E-state index contributed by atoms with van der Waals surface area (Å²) in [6.45, 7) is 1.99. The standard InChI is InChI=1S/C20H25NO3S/c1-13(22)25-20-9-15-7-16(10-20)18(17(8-15)11-20)21-19(23)24-12-14-5-3-2-4-6-14/h2-6,15-18H,7-12H2,1H3,(H,21,23). The van der Waals surface area contributed by atoms with Crippen LogP contribution >= 0.6 is 11.8 Å². The minimum atomic E-state index is -0.311. The van der Waals surface area contributed by atoms with Crippen molar-refractivity contribution in [3.05, 3.63) is 35.9 Å². The lowest BCUT2D eigenvalue weighted by atomic mass is 9.53. The lowest BCUT2D eigenvalue weighted by molar-refractivity contribution is -0.109. The van der Waals surface area contributed by atoms with Crippen LogP contribution in [-0.4, -0.2) is 22.0 Å². The van der Waals surface area contributed by atoms with E-state index in [-0.39, 0.29) is 22.0 Å². The molecule has 2 unspecified atom stereocenters. The minimum Gasteiger partial charge on any atom is -0.445 e. The predicted molar refractivity (Wildman–Crippen MR) is 98.1 cm³/mol. The summed E-state index contributed by atoms with van der Waals surface area (Å²) in [6, 6.07) is 9.96. The van der Waals surface area contributed by atoms with Crippen molar-refractivity contribution >= 4 is 23.0 Å². The molecule has 4 bridgehead atoms. The number of benzene rings is 1. The fraction of sp³-hybridized carbons (Fsp3) is 0.600. The topological polar surface area (TPSA) is 55.4 Å². The number of ether oxygens (including phenoxy) is 1. The fourth-order valence-corrected chi connectivity index (χ4v) is 7.04. The van der Waals surface area contributed by atoms with Crippen LogP contribution in [0, 0.1) is 17.8 Å². The second-order valence-corrected chi connectivity index (χ2v) is 9.62. The van der Waals surface area contributed by atoms with Gasteiger partial charge >= 0.3 is 6.09 Å². The number of hydrogen-bond donors (Lipinski definition) is 1. The smallest absolute Gasteiger partial charge is 0.407 e. The molecular weight excluding hydrogens is 334 g/mol. The Morgan fingerprint density at radius 3 is 2.48 bits per heavy atom. The van der Waals surface area contributed by atoms with Crippen molar-refractivity contribution in [1.29, 1.82) is 0 Å². The Balaban J connectivity index is 1.36. The largest absolute Gasteiger partial charge is 0.445 e. The van der Waals surface area contributed by atoms with Crippen LogP contribution in [-0.2, 0) is 16.1 Å². The fourth-order valence-electron chi connectivity index (χ4n) is 5.52. The van der Waals surface area contributed by atoms with Crippen LogP contribution in [0.5, 0.6) is 0 Å². The Labute approximate surface area is 153 Å². The molecule has 134 valence electrons. The molecule has 0 aromatic heterocycles. The summed E-state index contributed by atoms with van der Waals surface area (Å²) in [4.78, 5) is 24.0. The SMILES string of the molecule is CC(=O)SC12CC3CC(C1)C(NC(=O)OCc1ccccc1)C(C3)C2. The molecule has 4 nitrogen and oxygen atoms in total. The van der Waals surface area contributed by atoms with Crippen molar-refractivity contribution in [1.82, 2.24) is 5.32 Å². The van der Waals surface area contributed by atoms with Gasteiger partial charge in [-0.15, -0.1) is 0 Å². The van der Waals surface area contributed by atoms with Gasteiger partial charge in [-0.2, -0.15) is 0 Å². The van der Waals surface area contributed by atoms with E-state index in [1.165, 1.54) is 19.3 Å². The molecule has 4 aliphatic carbocycles. The quantitative estimate of drug-likeness (QED) is 0.878. The molecule has 4 fully saturated rings. The van der Waals surface area contributed by atoms with Crippen molar-refractivity contribution in [3.8, 4) is 0 Å². The third kappa shape index (κ3) is 3.57. The summed E-state index contributed by atoms with van der Waals surface area (Å²) in [5.41, 5.74) is 1.000. The normalized spacial score (nSPS) is 35.4. The highest BCUT2D eigenvalue weighted by atomic mass is 32.2.